The molecule has 0 unspecified atom stereocenters. The summed E-state index contributed by atoms with van der Waals surface area (Å²) in [4.78, 5) is 43.8. The highest BCUT2D eigenvalue weighted by atomic mass is 32.1. The van der Waals surface area contributed by atoms with Gasteiger partial charge in [0.1, 0.15) is 0 Å². The number of aryl methyl sites for hydroxylation is 1. The van der Waals surface area contributed by atoms with Gasteiger partial charge in [0.25, 0.3) is 17.7 Å². The number of benzene rings is 2. The number of rotatable bonds is 5. The summed E-state index contributed by atoms with van der Waals surface area (Å²) < 4.78 is 0. The van der Waals surface area contributed by atoms with Gasteiger partial charge in [-0.3, -0.25) is 19.3 Å². The first-order chi connectivity index (χ1) is 13.5. The molecule has 0 saturated heterocycles. The smallest absolute Gasteiger partial charge is 0.261 e. The Balaban J connectivity index is 1.46. The second-order valence-electron chi connectivity index (χ2n) is 6.47. The predicted octanol–water partition coefficient (Wildman–Crippen LogP) is 3.18. The predicted molar refractivity (Wildman–Crippen MR) is 105 cm³/mol. The van der Waals surface area contributed by atoms with Crippen molar-refractivity contribution in [1.29, 1.82) is 0 Å². The van der Waals surface area contributed by atoms with E-state index < -0.39 is 0 Å². The average molecular weight is 391 g/mol. The normalized spacial score (nSPS) is 13.0. The fraction of sp³-hybridized carbons (Fsp3) is 0.143. The van der Waals surface area contributed by atoms with Crippen LogP contribution in [0.5, 0.6) is 0 Å². The lowest BCUT2D eigenvalue weighted by atomic mass is 10.1. The van der Waals surface area contributed by atoms with Gasteiger partial charge >= 0.3 is 0 Å². The number of aromatic nitrogens is 1. The third-order valence-corrected chi connectivity index (χ3v) is 5.41. The highest BCUT2D eigenvalue weighted by Gasteiger charge is 2.34. The van der Waals surface area contributed by atoms with Gasteiger partial charge in [0.05, 0.1) is 29.2 Å². The summed E-state index contributed by atoms with van der Waals surface area (Å²) in [7, 11) is 0. The minimum atomic E-state index is -0.309. The van der Waals surface area contributed by atoms with E-state index in [0.717, 1.165) is 15.4 Å². The fourth-order valence-corrected chi connectivity index (χ4v) is 3.87. The van der Waals surface area contributed by atoms with Crippen LogP contribution in [-0.2, 0) is 13.1 Å². The fourth-order valence-electron chi connectivity index (χ4n) is 3.13. The summed E-state index contributed by atoms with van der Waals surface area (Å²) in [6.07, 6.45) is 1.75. The van der Waals surface area contributed by atoms with E-state index in [1.807, 2.05) is 6.92 Å². The molecule has 2 heterocycles. The highest BCUT2D eigenvalue weighted by Crippen LogP contribution is 2.24. The summed E-state index contributed by atoms with van der Waals surface area (Å²) in [5.41, 5.74) is 2.04. The van der Waals surface area contributed by atoms with Gasteiger partial charge in [-0.05, 0) is 36.8 Å². The highest BCUT2D eigenvalue weighted by molar-refractivity contribution is 7.11. The van der Waals surface area contributed by atoms with Crippen LogP contribution in [0.3, 0.4) is 0 Å². The van der Waals surface area contributed by atoms with Crippen LogP contribution in [0, 0.1) is 6.92 Å². The van der Waals surface area contributed by atoms with E-state index in [-0.39, 0.29) is 24.3 Å². The van der Waals surface area contributed by atoms with Crippen LogP contribution >= 0.6 is 11.3 Å². The van der Waals surface area contributed by atoms with Gasteiger partial charge in [-0.1, -0.05) is 24.3 Å². The average Bonchev–Trinajstić information content (AvgIpc) is 3.23. The molecule has 28 heavy (non-hydrogen) atoms. The van der Waals surface area contributed by atoms with Crippen LogP contribution in [-0.4, -0.2) is 27.6 Å². The molecule has 3 aromatic rings. The summed E-state index contributed by atoms with van der Waals surface area (Å²) in [6.45, 7) is 2.45. The molecular weight excluding hydrogens is 374 g/mol. The monoisotopic (exact) mass is 391 g/mol. The van der Waals surface area contributed by atoms with Crippen LogP contribution < -0.4 is 5.32 Å². The Morgan fingerprint density at radius 1 is 1.07 bits per heavy atom. The number of carbonyl (C=O) groups is 3. The molecule has 3 amide bonds. The van der Waals surface area contributed by atoms with Gasteiger partial charge < -0.3 is 5.32 Å². The molecule has 0 bridgehead atoms. The second-order valence-corrected chi connectivity index (χ2v) is 7.79. The zero-order chi connectivity index (χ0) is 19.7. The first-order valence-electron chi connectivity index (χ1n) is 8.76. The van der Waals surface area contributed by atoms with E-state index >= 15 is 0 Å². The number of hydrogen-bond donors (Lipinski definition) is 1. The Kier molecular flexibility index (Phi) is 4.75. The molecule has 1 aliphatic heterocycles. The van der Waals surface area contributed by atoms with Crippen molar-refractivity contribution in [1.82, 2.24) is 15.2 Å². The van der Waals surface area contributed by atoms with Gasteiger partial charge in [-0.2, -0.15) is 0 Å². The zero-order valence-electron chi connectivity index (χ0n) is 15.1. The van der Waals surface area contributed by atoms with E-state index in [1.165, 1.54) is 16.2 Å². The second kappa shape index (κ2) is 7.36. The number of imide groups is 1. The molecule has 4 rings (SSSR count). The standard InChI is InChI=1S/C21H17N3O3S/c1-13-22-10-16(28-13)11-23-19(25)15-6-4-5-14(9-15)12-24-20(26)17-7-2-3-8-18(17)21(24)27/h2-10H,11-12H2,1H3,(H,23,25). The SMILES string of the molecule is Cc1ncc(CNC(=O)c2cccc(CN3C(=O)c4ccccc4C3=O)c2)s1. The summed E-state index contributed by atoms with van der Waals surface area (Å²) in [5.74, 6) is -0.831. The van der Waals surface area contributed by atoms with Crippen molar-refractivity contribution >= 4 is 29.1 Å². The summed E-state index contributed by atoms with van der Waals surface area (Å²) in [5, 5.41) is 3.82. The molecule has 6 nitrogen and oxygen atoms in total. The van der Waals surface area contributed by atoms with Gasteiger partial charge in [0.15, 0.2) is 0 Å². The van der Waals surface area contributed by atoms with Crippen molar-refractivity contribution in [3.63, 3.8) is 0 Å². The Morgan fingerprint density at radius 3 is 2.43 bits per heavy atom. The molecule has 140 valence electrons. The van der Waals surface area contributed by atoms with E-state index in [2.05, 4.69) is 10.3 Å². The number of nitrogens with one attached hydrogen (secondary N) is 1. The van der Waals surface area contributed by atoms with Gasteiger partial charge in [-0.25, -0.2) is 4.98 Å². The van der Waals surface area contributed by atoms with Crippen LogP contribution in [0.1, 0.15) is 46.5 Å². The lowest BCUT2D eigenvalue weighted by Crippen LogP contribution is -2.29. The molecule has 7 heteroatoms. The zero-order valence-corrected chi connectivity index (χ0v) is 16.0. The molecule has 2 aromatic carbocycles. The Morgan fingerprint density at radius 2 is 1.79 bits per heavy atom. The molecule has 0 fully saturated rings. The minimum Gasteiger partial charge on any atom is -0.347 e. The largest absolute Gasteiger partial charge is 0.347 e. The molecule has 0 atom stereocenters. The maximum absolute atomic E-state index is 12.5. The molecule has 1 aromatic heterocycles. The topological polar surface area (TPSA) is 79.4 Å². The van der Waals surface area contributed by atoms with Crippen molar-refractivity contribution in [3.8, 4) is 0 Å². The molecule has 0 saturated carbocycles. The van der Waals surface area contributed by atoms with Crippen LogP contribution in [0.25, 0.3) is 0 Å². The molecule has 0 spiro atoms. The first kappa shape index (κ1) is 18.1. The van der Waals surface area contributed by atoms with E-state index in [9.17, 15) is 14.4 Å². The van der Waals surface area contributed by atoms with Crippen LogP contribution in [0.2, 0.25) is 0 Å². The molecule has 0 radical (unpaired) electrons. The lowest BCUT2D eigenvalue weighted by molar-refractivity contribution is 0.0642. The van der Waals surface area contributed by atoms with E-state index in [1.54, 1.807) is 54.7 Å². The third kappa shape index (κ3) is 3.44. The number of nitrogens with zero attached hydrogens (tertiary/aromatic N) is 2. The number of carbonyl (C=O) groups excluding carboxylic acids is 3. The molecular formula is C21H17N3O3S. The van der Waals surface area contributed by atoms with E-state index in [0.29, 0.717) is 23.2 Å². The van der Waals surface area contributed by atoms with E-state index in [4.69, 9.17) is 0 Å². The summed E-state index contributed by atoms with van der Waals surface area (Å²) >= 11 is 1.54. The molecule has 1 aliphatic rings. The number of hydrogen-bond acceptors (Lipinski definition) is 5. The lowest BCUT2D eigenvalue weighted by Gasteiger charge is -2.14. The summed E-state index contributed by atoms with van der Waals surface area (Å²) in [6, 6.07) is 13.7. The maximum Gasteiger partial charge on any atom is 0.261 e. The Hall–Kier alpha value is -3.32. The first-order valence-corrected chi connectivity index (χ1v) is 9.58. The number of amides is 3. The number of thiazole rings is 1. The van der Waals surface area contributed by atoms with Crippen molar-refractivity contribution in [3.05, 3.63) is 86.9 Å². The minimum absolute atomic E-state index is 0.126. The van der Waals surface area contributed by atoms with Crippen LogP contribution in [0.15, 0.2) is 54.7 Å². The Bertz CT molecular complexity index is 1050. The van der Waals surface area contributed by atoms with Crippen molar-refractivity contribution in [2.45, 2.75) is 20.0 Å². The maximum atomic E-state index is 12.5. The van der Waals surface area contributed by atoms with Crippen molar-refractivity contribution in [2.75, 3.05) is 0 Å². The third-order valence-electron chi connectivity index (χ3n) is 4.50. The van der Waals surface area contributed by atoms with Gasteiger partial charge in [0, 0.05) is 16.6 Å². The van der Waals surface area contributed by atoms with Crippen molar-refractivity contribution < 1.29 is 14.4 Å². The Labute approximate surface area is 165 Å². The van der Waals surface area contributed by atoms with Crippen molar-refractivity contribution in [2.24, 2.45) is 0 Å². The molecule has 0 aliphatic carbocycles. The van der Waals surface area contributed by atoms with Crippen LogP contribution in [0.4, 0.5) is 0 Å². The molecule has 1 N–H and O–H groups in total. The number of fused-ring (bicyclic) bond motifs is 1. The quantitative estimate of drug-likeness (QED) is 0.678. The van der Waals surface area contributed by atoms with Gasteiger partial charge in [0.2, 0.25) is 0 Å². The van der Waals surface area contributed by atoms with Gasteiger partial charge in [-0.15, -0.1) is 11.3 Å².